The van der Waals surface area contributed by atoms with Gasteiger partial charge in [0, 0.05) is 12.8 Å². The standard InChI is InChI=1S/C74H135NO10/c1-3-5-7-9-11-13-15-16-39-42-46-50-54-58-62-70(79)83-63-59-55-51-47-43-40-37-35-33-31-29-27-25-23-21-19-17-18-20-22-24-26-28-30-32-34-36-38-41-45-49-53-57-61-69(78)75-66(65-84-74-73(82)72(81)71(80)68(64-76)85-74)67(77)60-56-52-48-44-14-12-10-8-6-4-2/h9,11,15-16,21,23,27,29,56,60,66-68,71-74,76-77,80-82H,3-8,10,12-14,17-20,22,24-26,28,30-55,57-59,61-65H2,1-2H3,(H,75,78)/b11-9-,16-15-,23-21-,29-27-,60-56+. The molecule has 0 aromatic heterocycles. The molecular formula is C74H135NO10. The summed E-state index contributed by atoms with van der Waals surface area (Å²) in [5.41, 5.74) is 0. The number of ether oxygens (including phenoxy) is 3. The van der Waals surface area contributed by atoms with Crippen LogP contribution in [0.15, 0.2) is 60.8 Å². The van der Waals surface area contributed by atoms with Gasteiger partial charge in [-0.15, -0.1) is 0 Å². The lowest BCUT2D eigenvalue weighted by Gasteiger charge is -2.40. The summed E-state index contributed by atoms with van der Waals surface area (Å²) in [6.07, 6.45) is 73.7. The molecule has 11 nitrogen and oxygen atoms in total. The van der Waals surface area contributed by atoms with Gasteiger partial charge in [-0.25, -0.2) is 0 Å². The highest BCUT2D eigenvalue weighted by Crippen LogP contribution is 2.23. The molecule has 1 aliphatic rings. The first kappa shape index (κ1) is 80.4. The molecule has 1 saturated heterocycles. The first-order chi connectivity index (χ1) is 41.7. The van der Waals surface area contributed by atoms with Gasteiger partial charge < -0.3 is 45.1 Å². The summed E-state index contributed by atoms with van der Waals surface area (Å²) in [5, 5.41) is 54.4. The van der Waals surface area contributed by atoms with Crippen LogP contribution in [-0.2, 0) is 23.8 Å². The van der Waals surface area contributed by atoms with Gasteiger partial charge in [0.2, 0.25) is 5.91 Å². The van der Waals surface area contributed by atoms with Crippen molar-refractivity contribution in [2.75, 3.05) is 19.8 Å². The highest BCUT2D eigenvalue weighted by Gasteiger charge is 2.44. The van der Waals surface area contributed by atoms with Crippen LogP contribution in [0, 0.1) is 0 Å². The third kappa shape index (κ3) is 51.9. The Morgan fingerprint density at radius 2 is 0.800 bits per heavy atom. The Kier molecular flexibility index (Phi) is 59.5. The van der Waals surface area contributed by atoms with Crippen molar-refractivity contribution in [3.63, 3.8) is 0 Å². The minimum Gasteiger partial charge on any atom is -0.466 e. The summed E-state index contributed by atoms with van der Waals surface area (Å²) < 4.78 is 16.7. The van der Waals surface area contributed by atoms with E-state index in [1.165, 1.54) is 238 Å². The van der Waals surface area contributed by atoms with Gasteiger partial charge in [0.05, 0.1) is 32.0 Å². The van der Waals surface area contributed by atoms with Crippen molar-refractivity contribution in [2.45, 2.75) is 378 Å². The van der Waals surface area contributed by atoms with Crippen LogP contribution < -0.4 is 5.32 Å². The Morgan fingerprint density at radius 3 is 1.22 bits per heavy atom. The maximum absolute atomic E-state index is 13.0. The van der Waals surface area contributed by atoms with E-state index < -0.39 is 49.5 Å². The minimum absolute atomic E-state index is 0.00805. The molecule has 1 aliphatic heterocycles. The topological polar surface area (TPSA) is 175 Å². The molecule has 0 bridgehead atoms. The van der Waals surface area contributed by atoms with E-state index in [0.717, 1.165) is 70.6 Å². The normalized spacial score (nSPS) is 18.3. The number of esters is 1. The third-order valence-corrected chi connectivity index (χ3v) is 16.8. The molecule has 1 rings (SSSR count). The van der Waals surface area contributed by atoms with Crippen LogP contribution in [-0.4, -0.2) is 100 Å². The Hall–Kier alpha value is -2.64. The van der Waals surface area contributed by atoms with Gasteiger partial charge in [-0.2, -0.15) is 0 Å². The Bertz CT molecular complexity index is 1600. The second kappa shape index (κ2) is 62.9. The third-order valence-electron chi connectivity index (χ3n) is 16.8. The molecule has 1 heterocycles. The second-order valence-electron chi connectivity index (χ2n) is 24.9. The van der Waals surface area contributed by atoms with Gasteiger partial charge in [0.15, 0.2) is 6.29 Å². The highest BCUT2D eigenvalue weighted by atomic mass is 16.7. The molecule has 85 heavy (non-hydrogen) atoms. The number of hydrogen-bond donors (Lipinski definition) is 6. The van der Waals surface area contributed by atoms with Crippen LogP contribution >= 0.6 is 0 Å². The molecule has 0 radical (unpaired) electrons. The molecule has 6 N–H and O–H groups in total. The number of aliphatic hydroxyl groups is 5. The molecule has 7 unspecified atom stereocenters. The van der Waals surface area contributed by atoms with Crippen LogP contribution in [0.5, 0.6) is 0 Å². The number of hydrogen-bond acceptors (Lipinski definition) is 10. The lowest BCUT2D eigenvalue weighted by Crippen LogP contribution is -2.60. The van der Waals surface area contributed by atoms with E-state index >= 15 is 0 Å². The van der Waals surface area contributed by atoms with Crippen LogP contribution in [0.3, 0.4) is 0 Å². The molecule has 0 aromatic carbocycles. The maximum atomic E-state index is 13.0. The van der Waals surface area contributed by atoms with Gasteiger partial charge in [0.1, 0.15) is 24.4 Å². The van der Waals surface area contributed by atoms with E-state index in [4.69, 9.17) is 14.2 Å². The van der Waals surface area contributed by atoms with Crippen LogP contribution in [0.2, 0.25) is 0 Å². The van der Waals surface area contributed by atoms with Crippen LogP contribution in [0.4, 0.5) is 0 Å². The predicted molar refractivity (Wildman–Crippen MR) is 357 cm³/mol. The van der Waals surface area contributed by atoms with E-state index in [1.807, 2.05) is 6.08 Å². The maximum Gasteiger partial charge on any atom is 0.305 e. The molecule has 496 valence electrons. The summed E-state index contributed by atoms with van der Waals surface area (Å²) >= 11 is 0. The number of rotatable bonds is 63. The van der Waals surface area contributed by atoms with Gasteiger partial charge in [-0.05, 0) is 89.9 Å². The van der Waals surface area contributed by atoms with Crippen molar-refractivity contribution in [1.29, 1.82) is 0 Å². The number of nitrogens with one attached hydrogen (secondary N) is 1. The fourth-order valence-electron chi connectivity index (χ4n) is 11.1. The fourth-order valence-corrected chi connectivity index (χ4v) is 11.1. The van der Waals surface area contributed by atoms with E-state index in [-0.39, 0.29) is 18.5 Å². The van der Waals surface area contributed by atoms with E-state index in [2.05, 4.69) is 67.8 Å². The van der Waals surface area contributed by atoms with Crippen molar-refractivity contribution >= 4 is 11.9 Å². The zero-order valence-corrected chi connectivity index (χ0v) is 55.1. The summed E-state index contributed by atoms with van der Waals surface area (Å²) in [7, 11) is 0. The smallest absolute Gasteiger partial charge is 0.305 e. The van der Waals surface area contributed by atoms with Crippen molar-refractivity contribution in [3.8, 4) is 0 Å². The van der Waals surface area contributed by atoms with Crippen LogP contribution in [0.1, 0.15) is 335 Å². The quantitative estimate of drug-likeness (QED) is 0.0195. The molecule has 1 amide bonds. The zero-order valence-electron chi connectivity index (χ0n) is 55.1. The van der Waals surface area contributed by atoms with Crippen LogP contribution in [0.25, 0.3) is 0 Å². The largest absolute Gasteiger partial charge is 0.466 e. The number of carbonyl (C=O) groups excluding carboxylic acids is 2. The monoisotopic (exact) mass is 1200 g/mol. The number of amides is 1. The molecular weight excluding hydrogens is 1060 g/mol. The average Bonchev–Trinajstić information content (AvgIpc) is 3.33. The number of unbranched alkanes of at least 4 members (excludes halogenated alkanes) is 41. The highest BCUT2D eigenvalue weighted by molar-refractivity contribution is 5.76. The first-order valence-electron chi connectivity index (χ1n) is 36.1. The Labute approximate surface area is 522 Å². The van der Waals surface area contributed by atoms with E-state index in [9.17, 15) is 35.1 Å². The summed E-state index contributed by atoms with van der Waals surface area (Å²) in [6.45, 7) is 4.30. The van der Waals surface area contributed by atoms with Gasteiger partial charge in [0.25, 0.3) is 0 Å². The van der Waals surface area contributed by atoms with Crippen molar-refractivity contribution < 1.29 is 49.3 Å². The lowest BCUT2D eigenvalue weighted by molar-refractivity contribution is -0.302. The lowest BCUT2D eigenvalue weighted by atomic mass is 9.99. The number of carbonyl (C=O) groups is 2. The van der Waals surface area contributed by atoms with Gasteiger partial charge >= 0.3 is 5.97 Å². The minimum atomic E-state index is -1.57. The average molecular weight is 1200 g/mol. The van der Waals surface area contributed by atoms with Crippen molar-refractivity contribution in [2.24, 2.45) is 0 Å². The van der Waals surface area contributed by atoms with E-state index in [0.29, 0.717) is 19.4 Å². The molecule has 0 saturated carbocycles. The summed E-state index contributed by atoms with van der Waals surface area (Å²) in [5.74, 6) is -0.189. The molecule has 7 atom stereocenters. The Morgan fingerprint density at radius 1 is 0.435 bits per heavy atom. The zero-order chi connectivity index (χ0) is 61.6. The Balaban J connectivity index is 1.93. The predicted octanol–water partition coefficient (Wildman–Crippen LogP) is 18.5. The molecule has 11 heteroatoms. The molecule has 0 aromatic rings. The summed E-state index contributed by atoms with van der Waals surface area (Å²) in [6, 6.07) is -0.808. The van der Waals surface area contributed by atoms with E-state index in [1.54, 1.807) is 6.08 Å². The van der Waals surface area contributed by atoms with Crippen molar-refractivity contribution in [3.05, 3.63) is 60.8 Å². The molecule has 0 spiro atoms. The fraction of sp³-hybridized carbons (Fsp3) is 0.838. The molecule has 0 aliphatic carbocycles. The summed E-state index contributed by atoms with van der Waals surface area (Å²) in [4.78, 5) is 25.1. The SMILES string of the molecule is CCCC/C=C\C/C=C\CCCCCCCC(=O)OCCCCCCCCCCC/C=C\C/C=C\CCCCCCCCCCCCCCCCCCCC(=O)NC(COC1OC(CO)C(O)C(O)C1O)C(O)/C=C/CCCCCCCCCC. The number of aliphatic hydroxyl groups excluding tert-OH is 5. The van der Waals surface area contributed by atoms with Gasteiger partial charge in [-0.3, -0.25) is 9.59 Å². The van der Waals surface area contributed by atoms with Gasteiger partial charge in [-0.1, -0.05) is 293 Å². The van der Waals surface area contributed by atoms with Crippen molar-refractivity contribution in [1.82, 2.24) is 5.32 Å². The second-order valence-corrected chi connectivity index (χ2v) is 24.9. The first-order valence-corrected chi connectivity index (χ1v) is 36.1. The number of allylic oxidation sites excluding steroid dienone is 9. The molecule has 1 fully saturated rings.